The molecule has 1 aliphatic heterocycles. The van der Waals surface area contributed by atoms with Gasteiger partial charge in [-0.1, -0.05) is 0 Å². The van der Waals surface area contributed by atoms with E-state index < -0.39 is 6.10 Å². The molecule has 0 bridgehead atoms. The molecular formula is C17H24N4O3. The summed E-state index contributed by atoms with van der Waals surface area (Å²) >= 11 is 0. The lowest BCUT2D eigenvalue weighted by Gasteiger charge is -2.26. The Balaban J connectivity index is 1.60. The number of nitrogens with zero attached hydrogens (tertiary/aromatic N) is 3. The number of amides is 2. The number of likely N-dealkylation sites (tertiary alicyclic amines) is 1. The molecule has 2 aromatic rings. The number of urea groups is 1. The van der Waals surface area contributed by atoms with Crippen molar-refractivity contribution in [2.45, 2.75) is 51.3 Å². The van der Waals surface area contributed by atoms with Gasteiger partial charge in [-0.2, -0.15) is 5.10 Å². The molecule has 0 aliphatic carbocycles. The number of carbonyl (C=O) groups is 1. The third kappa shape index (κ3) is 3.62. The number of anilines is 1. The Hall–Kier alpha value is -2.28. The Kier molecular flexibility index (Phi) is 4.89. The summed E-state index contributed by atoms with van der Waals surface area (Å²) in [6.07, 6.45) is 4.99. The summed E-state index contributed by atoms with van der Waals surface area (Å²) in [6, 6.07) is 5.38. The molecule has 0 aromatic carbocycles. The fourth-order valence-corrected chi connectivity index (χ4v) is 3.08. The molecule has 1 saturated heterocycles. The van der Waals surface area contributed by atoms with Gasteiger partial charge in [0.15, 0.2) is 5.82 Å². The Morgan fingerprint density at radius 3 is 3.00 bits per heavy atom. The molecule has 130 valence electrons. The lowest BCUT2D eigenvalue weighted by Crippen LogP contribution is -2.39. The Morgan fingerprint density at radius 2 is 2.33 bits per heavy atom. The molecule has 7 nitrogen and oxygen atoms in total. The van der Waals surface area contributed by atoms with Gasteiger partial charge in [-0.15, -0.1) is 0 Å². The first-order valence-electron chi connectivity index (χ1n) is 8.39. The van der Waals surface area contributed by atoms with E-state index in [0.29, 0.717) is 24.5 Å². The van der Waals surface area contributed by atoms with Crippen LogP contribution < -0.4 is 5.32 Å². The van der Waals surface area contributed by atoms with Gasteiger partial charge in [-0.05, 0) is 38.8 Å². The standard InChI is InChI=1S/C17H24N4O3/c1-12(2)21-9-7-16(19-21)18-17(23)20-8-3-5-13(20)11-14(22)15-6-4-10-24-15/h4,6-7,9-10,12-14,22H,3,5,8,11H2,1-2H3,(H,18,19,23)/t13-,14-/m0/s1. The van der Waals surface area contributed by atoms with Crippen molar-refractivity contribution in [3.05, 3.63) is 36.4 Å². The normalized spacial score (nSPS) is 19.0. The lowest BCUT2D eigenvalue weighted by molar-refractivity contribution is 0.110. The fraction of sp³-hybridized carbons (Fsp3) is 0.529. The summed E-state index contributed by atoms with van der Waals surface area (Å²) in [5.74, 6) is 1.09. The minimum atomic E-state index is -0.696. The number of rotatable bonds is 5. The van der Waals surface area contributed by atoms with E-state index in [9.17, 15) is 9.90 Å². The summed E-state index contributed by atoms with van der Waals surface area (Å²) in [5.41, 5.74) is 0. The highest BCUT2D eigenvalue weighted by Crippen LogP contribution is 2.28. The van der Waals surface area contributed by atoms with Crippen LogP contribution in [0.25, 0.3) is 0 Å². The van der Waals surface area contributed by atoms with Crippen molar-refractivity contribution < 1.29 is 14.3 Å². The molecule has 24 heavy (non-hydrogen) atoms. The van der Waals surface area contributed by atoms with E-state index in [2.05, 4.69) is 10.4 Å². The van der Waals surface area contributed by atoms with Crippen molar-refractivity contribution in [2.24, 2.45) is 0 Å². The van der Waals surface area contributed by atoms with Crippen LogP contribution >= 0.6 is 0 Å². The molecule has 0 saturated carbocycles. The van der Waals surface area contributed by atoms with Crippen LogP contribution in [0.15, 0.2) is 35.1 Å². The van der Waals surface area contributed by atoms with E-state index in [0.717, 1.165) is 12.8 Å². The first-order chi connectivity index (χ1) is 11.5. The zero-order valence-electron chi connectivity index (χ0n) is 14.1. The molecule has 0 radical (unpaired) electrons. The molecule has 7 heteroatoms. The van der Waals surface area contributed by atoms with Crippen LogP contribution in [-0.2, 0) is 0 Å². The molecule has 0 unspecified atom stereocenters. The minimum Gasteiger partial charge on any atom is -0.467 e. The van der Waals surface area contributed by atoms with Crippen molar-refractivity contribution in [1.29, 1.82) is 0 Å². The summed E-state index contributed by atoms with van der Waals surface area (Å²) in [7, 11) is 0. The number of aromatic nitrogens is 2. The number of carbonyl (C=O) groups excluding carboxylic acids is 1. The zero-order chi connectivity index (χ0) is 17.1. The highest BCUT2D eigenvalue weighted by atomic mass is 16.4. The van der Waals surface area contributed by atoms with Gasteiger partial charge in [0.1, 0.15) is 11.9 Å². The molecular weight excluding hydrogens is 308 g/mol. The Labute approximate surface area is 141 Å². The first kappa shape index (κ1) is 16.6. The summed E-state index contributed by atoms with van der Waals surface area (Å²) in [6.45, 7) is 4.75. The third-order valence-electron chi connectivity index (χ3n) is 4.38. The molecule has 2 aromatic heterocycles. The molecule has 2 N–H and O–H groups in total. The number of aliphatic hydroxyl groups is 1. The van der Waals surface area contributed by atoms with Gasteiger partial charge in [0, 0.05) is 37.3 Å². The first-order valence-corrected chi connectivity index (χ1v) is 8.39. The van der Waals surface area contributed by atoms with Crippen molar-refractivity contribution in [2.75, 3.05) is 11.9 Å². The van der Waals surface area contributed by atoms with Crippen LogP contribution in [0.1, 0.15) is 51.0 Å². The predicted molar refractivity (Wildman–Crippen MR) is 89.6 cm³/mol. The van der Waals surface area contributed by atoms with Crippen molar-refractivity contribution in [3.63, 3.8) is 0 Å². The average molecular weight is 332 g/mol. The maximum Gasteiger partial charge on any atom is 0.323 e. The maximum atomic E-state index is 12.5. The molecule has 3 rings (SSSR count). The Morgan fingerprint density at radius 1 is 1.50 bits per heavy atom. The highest BCUT2D eigenvalue weighted by Gasteiger charge is 2.31. The van der Waals surface area contributed by atoms with E-state index in [1.807, 2.05) is 20.0 Å². The SMILES string of the molecule is CC(C)n1ccc(NC(=O)N2CCC[C@H]2C[C@H](O)c2ccco2)n1. The quantitative estimate of drug-likeness (QED) is 0.881. The fourth-order valence-electron chi connectivity index (χ4n) is 3.08. The molecule has 2 atom stereocenters. The summed E-state index contributed by atoms with van der Waals surface area (Å²) in [4.78, 5) is 14.3. The largest absolute Gasteiger partial charge is 0.467 e. The Bertz CT molecular complexity index is 665. The third-order valence-corrected chi connectivity index (χ3v) is 4.38. The number of hydrogen-bond acceptors (Lipinski definition) is 4. The zero-order valence-corrected chi connectivity index (χ0v) is 14.1. The van der Waals surface area contributed by atoms with Gasteiger partial charge in [0.2, 0.25) is 0 Å². The maximum absolute atomic E-state index is 12.5. The second-order valence-electron chi connectivity index (χ2n) is 6.46. The van der Waals surface area contributed by atoms with E-state index in [1.54, 1.807) is 34.0 Å². The molecule has 2 amide bonds. The average Bonchev–Trinajstić information content (AvgIpc) is 3.28. The monoisotopic (exact) mass is 332 g/mol. The van der Waals surface area contributed by atoms with Crippen molar-refractivity contribution in [3.8, 4) is 0 Å². The van der Waals surface area contributed by atoms with E-state index >= 15 is 0 Å². The van der Waals surface area contributed by atoms with Gasteiger partial charge in [0.25, 0.3) is 0 Å². The minimum absolute atomic E-state index is 0.00251. The van der Waals surface area contributed by atoms with Crippen LogP contribution in [0.2, 0.25) is 0 Å². The second-order valence-corrected chi connectivity index (χ2v) is 6.46. The van der Waals surface area contributed by atoms with Crippen LogP contribution in [-0.4, -0.2) is 38.4 Å². The van der Waals surface area contributed by atoms with Gasteiger partial charge in [-0.3, -0.25) is 10.00 Å². The summed E-state index contributed by atoms with van der Waals surface area (Å²) in [5, 5.41) is 17.4. The molecule has 1 fully saturated rings. The van der Waals surface area contributed by atoms with Crippen LogP contribution in [0.4, 0.5) is 10.6 Å². The lowest BCUT2D eigenvalue weighted by atomic mass is 10.1. The van der Waals surface area contributed by atoms with Crippen LogP contribution in [0, 0.1) is 0 Å². The predicted octanol–water partition coefficient (Wildman–Crippen LogP) is 3.18. The van der Waals surface area contributed by atoms with Gasteiger partial charge in [0.05, 0.1) is 6.26 Å². The van der Waals surface area contributed by atoms with Gasteiger partial charge in [-0.25, -0.2) is 4.79 Å². The van der Waals surface area contributed by atoms with Crippen LogP contribution in [0.5, 0.6) is 0 Å². The number of furan rings is 1. The van der Waals surface area contributed by atoms with E-state index in [1.165, 1.54) is 0 Å². The number of nitrogens with one attached hydrogen (secondary N) is 1. The summed E-state index contributed by atoms with van der Waals surface area (Å²) < 4.78 is 7.04. The van der Waals surface area contributed by atoms with Gasteiger partial charge >= 0.3 is 6.03 Å². The van der Waals surface area contributed by atoms with Gasteiger partial charge < -0.3 is 14.4 Å². The van der Waals surface area contributed by atoms with Crippen molar-refractivity contribution in [1.82, 2.24) is 14.7 Å². The number of hydrogen-bond donors (Lipinski definition) is 2. The van der Waals surface area contributed by atoms with E-state index in [4.69, 9.17) is 4.42 Å². The molecule has 0 spiro atoms. The van der Waals surface area contributed by atoms with Crippen LogP contribution in [0.3, 0.4) is 0 Å². The highest BCUT2D eigenvalue weighted by molar-refractivity contribution is 5.88. The van der Waals surface area contributed by atoms with E-state index in [-0.39, 0.29) is 18.1 Å². The van der Waals surface area contributed by atoms with Crippen molar-refractivity contribution >= 4 is 11.8 Å². The second kappa shape index (κ2) is 7.09. The number of aliphatic hydroxyl groups excluding tert-OH is 1. The topological polar surface area (TPSA) is 83.5 Å². The smallest absolute Gasteiger partial charge is 0.323 e. The molecule has 3 heterocycles. The molecule has 1 aliphatic rings.